The summed E-state index contributed by atoms with van der Waals surface area (Å²) in [4.78, 5) is 8.11. The highest BCUT2D eigenvalue weighted by Gasteiger charge is 2.17. The van der Waals surface area contributed by atoms with Gasteiger partial charge in [-0.1, -0.05) is 12.1 Å². The van der Waals surface area contributed by atoms with E-state index in [2.05, 4.69) is 65.1 Å². The third kappa shape index (κ3) is 7.14. The summed E-state index contributed by atoms with van der Waals surface area (Å²) < 4.78 is 10.8. The number of thiophene rings is 1. The summed E-state index contributed by atoms with van der Waals surface area (Å²) in [6.45, 7) is 4.29. The van der Waals surface area contributed by atoms with Crippen LogP contribution in [-0.4, -0.2) is 52.3 Å². The van der Waals surface area contributed by atoms with E-state index in [1.165, 1.54) is 4.88 Å². The van der Waals surface area contributed by atoms with Crippen LogP contribution in [-0.2, 0) is 6.54 Å². The van der Waals surface area contributed by atoms with Gasteiger partial charge in [0.25, 0.3) is 0 Å². The zero-order valence-corrected chi connectivity index (χ0v) is 20.3. The molecule has 0 aliphatic heterocycles. The number of benzene rings is 1. The van der Waals surface area contributed by atoms with Crippen LogP contribution in [0.1, 0.15) is 23.4 Å². The molecule has 0 fully saturated rings. The first-order valence-electron chi connectivity index (χ1n) is 9.02. The lowest BCUT2D eigenvalue weighted by Gasteiger charge is -2.26. The molecule has 1 unspecified atom stereocenters. The predicted molar refractivity (Wildman–Crippen MR) is 129 cm³/mol. The van der Waals surface area contributed by atoms with E-state index in [4.69, 9.17) is 9.47 Å². The van der Waals surface area contributed by atoms with Crippen molar-refractivity contribution in [2.45, 2.75) is 19.5 Å². The van der Waals surface area contributed by atoms with Gasteiger partial charge in [0.1, 0.15) is 0 Å². The number of ether oxygens (including phenoxy) is 2. The number of rotatable bonds is 9. The molecular formula is C20H31IN4O2S. The smallest absolute Gasteiger partial charge is 0.191 e. The van der Waals surface area contributed by atoms with Crippen LogP contribution in [0.3, 0.4) is 0 Å². The van der Waals surface area contributed by atoms with E-state index in [9.17, 15) is 0 Å². The summed E-state index contributed by atoms with van der Waals surface area (Å²) in [7, 11) is 7.44. The molecule has 0 aliphatic rings. The molecule has 2 N–H and O–H groups in total. The number of nitrogens with zero attached hydrogens (tertiary/aromatic N) is 2. The van der Waals surface area contributed by atoms with Crippen molar-refractivity contribution in [2.75, 3.05) is 41.4 Å². The van der Waals surface area contributed by atoms with Gasteiger partial charge in [0.05, 0.1) is 26.8 Å². The average molecular weight is 518 g/mol. The summed E-state index contributed by atoms with van der Waals surface area (Å²) in [5.74, 6) is 2.29. The number of aliphatic imine (C=N–C) groups is 1. The Kier molecular flexibility index (Phi) is 11.2. The highest BCUT2D eigenvalue weighted by atomic mass is 127. The Morgan fingerprint density at radius 1 is 1.14 bits per heavy atom. The van der Waals surface area contributed by atoms with E-state index < -0.39 is 0 Å². The van der Waals surface area contributed by atoms with Crippen molar-refractivity contribution >= 4 is 41.3 Å². The normalized spacial score (nSPS) is 12.3. The largest absolute Gasteiger partial charge is 0.493 e. The minimum absolute atomic E-state index is 0. The number of likely N-dealkylation sites (N-methyl/N-ethyl adjacent to an activating group) is 1. The Morgan fingerprint density at radius 3 is 2.46 bits per heavy atom. The monoisotopic (exact) mass is 518 g/mol. The Morgan fingerprint density at radius 2 is 1.89 bits per heavy atom. The molecule has 28 heavy (non-hydrogen) atoms. The van der Waals surface area contributed by atoms with Gasteiger partial charge >= 0.3 is 0 Å². The fourth-order valence-corrected chi connectivity index (χ4v) is 3.38. The maximum absolute atomic E-state index is 5.45. The van der Waals surface area contributed by atoms with E-state index in [1.807, 2.05) is 12.1 Å². The molecule has 0 saturated carbocycles. The molecule has 2 aromatic rings. The summed E-state index contributed by atoms with van der Waals surface area (Å²) in [6.07, 6.45) is 0. The topological polar surface area (TPSA) is 58.1 Å². The van der Waals surface area contributed by atoms with E-state index >= 15 is 0 Å². The van der Waals surface area contributed by atoms with Crippen molar-refractivity contribution in [3.63, 3.8) is 0 Å². The fraction of sp³-hybridized carbons (Fsp3) is 0.450. The van der Waals surface area contributed by atoms with Crippen LogP contribution < -0.4 is 20.1 Å². The van der Waals surface area contributed by atoms with Crippen molar-refractivity contribution in [2.24, 2.45) is 4.99 Å². The Balaban J connectivity index is 0.00000392. The number of hydrogen-bond donors (Lipinski definition) is 2. The summed E-state index contributed by atoms with van der Waals surface area (Å²) in [6, 6.07) is 10.4. The van der Waals surface area contributed by atoms with E-state index in [0.717, 1.165) is 36.1 Å². The third-order valence-corrected chi connectivity index (χ3v) is 5.06. The predicted octanol–water partition coefficient (Wildman–Crippen LogP) is 3.74. The molecule has 156 valence electrons. The molecule has 0 radical (unpaired) electrons. The van der Waals surface area contributed by atoms with Gasteiger partial charge in [-0.2, -0.15) is 0 Å². The summed E-state index contributed by atoms with van der Waals surface area (Å²) in [5.41, 5.74) is 1.15. The van der Waals surface area contributed by atoms with E-state index in [1.54, 1.807) is 25.6 Å². The van der Waals surface area contributed by atoms with Gasteiger partial charge in [-0.3, -0.25) is 0 Å². The number of nitrogens with one attached hydrogen (secondary N) is 2. The van der Waals surface area contributed by atoms with Crippen LogP contribution in [0.2, 0.25) is 0 Å². The van der Waals surface area contributed by atoms with Gasteiger partial charge in [0.2, 0.25) is 0 Å². The van der Waals surface area contributed by atoms with Crippen LogP contribution in [0.15, 0.2) is 40.7 Å². The van der Waals surface area contributed by atoms with Gasteiger partial charge in [0.15, 0.2) is 17.5 Å². The lowest BCUT2D eigenvalue weighted by atomic mass is 10.1. The van der Waals surface area contributed by atoms with E-state index in [0.29, 0.717) is 6.54 Å². The molecule has 8 heteroatoms. The zero-order chi connectivity index (χ0) is 19.6. The van der Waals surface area contributed by atoms with Crippen molar-refractivity contribution in [3.05, 3.63) is 46.2 Å². The maximum atomic E-state index is 5.45. The van der Waals surface area contributed by atoms with Crippen molar-refractivity contribution in [1.82, 2.24) is 15.5 Å². The summed E-state index contributed by atoms with van der Waals surface area (Å²) in [5, 5.41) is 8.84. The van der Waals surface area contributed by atoms with Gasteiger partial charge in [0, 0.05) is 18.0 Å². The first kappa shape index (κ1) is 24.5. The molecule has 6 nitrogen and oxygen atoms in total. The molecule has 0 saturated heterocycles. The Hall–Kier alpha value is -1.52. The van der Waals surface area contributed by atoms with Crippen molar-refractivity contribution in [3.8, 4) is 11.5 Å². The second-order valence-electron chi connectivity index (χ2n) is 6.25. The fourth-order valence-electron chi connectivity index (χ4n) is 2.75. The quantitative estimate of drug-likeness (QED) is 0.301. The first-order valence-corrected chi connectivity index (χ1v) is 9.89. The highest BCUT2D eigenvalue weighted by Crippen LogP contribution is 2.31. The third-order valence-electron chi connectivity index (χ3n) is 4.20. The lowest BCUT2D eigenvalue weighted by Crippen LogP contribution is -2.41. The number of methoxy groups -OCH3 is 2. The van der Waals surface area contributed by atoms with Crippen molar-refractivity contribution < 1.29 is 9.47 Å². The van der Waals surface area contributed by atoms with Gasteiger partial charge in [-0.15, -0.1) is 35.3 Å². The van der Waals surface area contributed by atoms with Gasteiger partial charge in [-0.25, -0.2) is 4.99 Å². The Labute approximate surface area is 189 Å². The number of halogens is 1. The van der Waals surface area contributed by atoms with Crippen LogP contribution in [0.4, 0.5) is 0 Å². The lowest BCUT2D eigenvalue weighted by molar-refractivity contribution is 0.295. The number of hydrogen-bond acceptors (Lipinski definition) is 5. The first-order chi connectivity index (χ1) is 13.1. The molecular weight excluding hydrogens is 487 g/mol. The average Bonchev–Trinajstić information content (AvgIpc) is 3.19. The molecule has 1 heterocycles. The minimum atomic E-state index is 0. The number of guanidine groups is 1. The van der Waals surface area contributed by atoms with Crippen LogP contribution in [0, 0.1) is 0 Å². The van der Waals surface area contributed by atoms with E-state index in [-0.39, 0.29) is 30.0 Å². The molecule has 0 spiro atoms. The molecule has 0 bridgehead atoms. The maximum Gasteiger partial charge on any atom is 0.191 e. The zero-order valence-electron chi connectivity index (χ0n) is 17.2. The van der Waals surface area contributed by atoms with Crippen LogP contribution >= 0.6 is 35.3 Å². The molecule has 1 aromatic carbocycles. The van der Waals surface area contributed by atoms with Gasteiger partial charge < -0.3 is 25.0 Å². The molecule has 1 aromatic heterocycles. The van der Waals surface area contributed by atoms with Crippen LogP contribution in [0.5, 0.6) is 11.5 Å². The molecule has 0 aliphatic carbocycles. The molecule has 1 atom stereocenters. The van der Waals surface area contributed by atoms with Crippen LogP contribution in [0.25, 0.3) is 0 Å². The molecule has 0 amide bonds. The SMILES string of the molecule is CCNC(=NCc1cccs1)NCC(c1ccc(OC)c(OC)c1)N(C)C.I. The second kappa shape index (κ2) is 12.8. The standard InChI is InChI=1S/C20H30N4O2S.HI/c1-6-21-20(22-13-16-8-7-11-27-16)23-14-17(24(2)3)15-9-10-18(25-4)19(12-15)26-5;/h7-12,17H,6,13-14H2,1-5H3,(H2,21,22,23);1H. The van der Waals surface area contributed by atoms with Gasteiger partial charge in [-0.05, 0) is 50.2 Å². The minimum Gasteiger partial charge on any atom is -0.493 e. The Bertz CT molecular complexity index is 723. The molecule has 2 rings (SSSR count). The highest BCUT2D eigenvalue weighted by molar-refractivity contribution is 14.0. The summed E-state index contributed by atoms with van der Waals surface area (Å²) >= 11 is 1.72. The van der Waals surface area contributed by atoms with Crippen molar-refractivity contribution in [1.29, 1.82) is 0 Å². The second-order valence-corrected chi connectivity index (χ2v) is 7.28.